The lowest BCUT2D eigenvalue weighted by Crippen LogP contribution is -2.25. The smallest absolute Gasteiger partial charge is 0.264 e. The van der Waals surface area contributed by atoms with Crippen molar-refractivity contribution in [2.75, 3.05) is 7.05 Å². The second-order valence-corrected chi connectivity index (χ2v) is 7.99. The molecular weight excluding hydrogens is 397 g/mol. The van der Waals surface area contributed by atoms with Gasteiger partial charge < -0.3 is 4.90 Å². The van der Waals surface area contributed by atoms with Crippen LogP contribution >= 0.6 is 22.9 Å². The van der Waals surface area contributed by atoms with E-state index in [1.807, 2.05) is 37.3 Å². The summed E-state index contributed by atoms with van der Waals surface area (Å²) in [6, 6.07) is 15.5. The standard InChI is InChI=1S/C21H17ClFN3OS/c1-13-17-11-19(20(27)25(2)12-14-5-3-4-6-18(14)22)28-21(17)26(24-13)16-9-7-15(23)8-10-16/h3-11H,12H2,1-2H3. The average molecular weight is 414 g/mol. The molecule has 0 aliphatic carbocycles. The number of aromatic nitrogens is 2. The van der Waals surface area contributed by atoms with Crippen LogP contribution in [0.15, 0.2) is 54.6 Å². The van der Waals surface area contributed by atoms with Gasteiger partial charge in [0, 0.05) is 24.0 Å². The normalized spacial score (nSPS) is 11.1. The predicted octanol–water partition coefficient (Wildman–Crippen LogP) is 5.46. The lowest BCUT2D eigenvalue weighted by atomic mass is 10.2. The van der Waals surface area contributed by atoms with E-state index >= 15 is 0 Å². The quantitative estimate of drug-likeness (QED) is 0.445. The Bertz CT molecular complexity index is 1170. The minimum absolute atomic E-state index is 0.0776. The van der Waals surface area contributed by atoms with E-state index in [1.54, 1.807) is 28.8 Å². The lowest BCUT2D eigenvalue weighted by Gasteiger charge is -2.17. The summed E-state index contributed by atoms with van der Waals surface area (Å²) in [5, 5.41) is 6.10. The van der Waals surface area contributed by atoms with E-state index in [0.29, 0.717) is 16.4 Å². The van der Waals surface area contributed by atoms with Crippen LogP contribution in [0.1, 0.15) is 20.9 Å². The van der Waals surface area contributed by atoms with Crippen molar-refractivity contribution in [2.24, 2.45) is 0 Å². The van der Waals surface area contributed by atoms with Crippen molar-refractivity contribution in [1.29, 1.82) is 0 Å². The van der Waals surface area contributed by atoms with Crippen LogP contribution in [-0.2, 0) is 6.54 Å². The van der Waals surface area contributed by atoms with Gasteiger partial charge in [0.15, 0.2) is 0 Å². The summed E-state index contributed by atoms with van der Waals surface area (Å²) in [5.41, 5.74) is 2.47. The van der Waals surface area contributed by atoms with Gasteiger partial charge in [0.1, 0.15) is 10.6 Å². The number of halogens is 2. The van der Waals surface area contributed by atoms with E-state index in [1.165, 1.54) is 23.5 Å². The van der Waals surface area contributed by atoms with Crippen LogP contribution in [0, 0.1) is 12.7 Å². The second-order valence-electron chi connectivity index (χ2n) is 6.56. The molecule has 0 spiro atoms. The van der Waals surface area contributed by atoms with Gasteiger partial charge >= 0.3 is 0 Å². The Morgan fingerprint density at radius 1 is 1.21 bits per heavy atom. The first-order valence-corrected chi connectivity index (χ1v) is 9.87. The number of carbonyl (C=O) groups is 1. The average Bonchev–Trinajstić information content (AvgIpc) is 3.24. The fraction of sp³-hybridized carbons (Fsp3) is 0.143. The molecule has 0 bridgehead atoms. The molecule has 2 aromatic heterocycles. The maximum atomic E-state index is 13.2. The van der Waals surface area contributed by atoms with Crippen LogP contribution in [0.25, 0.3) is 15.9 Å². The van der Waals surface area contributed by atoms with E-state index in [4.69, 9.17) is 11.6 Å². The Hall–Kier alpha value is -2.70. The molecule has 1 amide bonds. The predicted molar refractivity (Wildman–Crippen MR) is 111 cm³/mol. The van der Waals surface area contributed by atoms with Crippen molar-refractivity contribution in [3.8, 4) is 5.69 Å². The van der Waals surface area contributed by atoms with Crippen LogP contribution in [-0.4, -0.2) is 27.6 Å². The fourth-order valence-corrected chi connectivity index (χ4v) is 4.42. The van der Waals surface area contributed by atoms with Gasteiger partial charge in [-0.1, -0.05) is 29.8 Å². The third kappa shape index (κ3) is 3.41. The third-order valence-electron chi connectivity index (χ3n) is 4.54. The summed E-state index contributed by atoms with van der Waals surface area (Å²) in [6.07, 6.45) is 0. The topological polar surface area (TPSA) is 38.1 Å². The number of thiophene rings is 1. The number of benzene rings is 2. The first-order chi connectivity index (χ1) is 13.4. The molecule has 0 saturated carbocycles. The zero-order valence-corrected chi connectivity index (χ0v) is 16.9. The summed E-state index contributed by atoms with van der Waals surface area (Å²) >= 11 is 7.59. The van der Waals surface area contributed by atoms with Crippen LogP contribution < -0.4 is 0 Å². The Balaban J connectivity index is 1.66. The van der Waals surface area contributed by atoms with E-state index in [9.17, 15) is 9.18 Å². The minimum atomic E-state index is -0.299. The van der Waals surface area contributed by atoms with Crippen LogP contribution in [0.5, 0.6) is 0 Å². The molecule has 0 N–H and O–H groups in total. The van der Waals surface area contributed by atoms with Gasteiger partial charge in [-0.2, -0.15) is 5.10 Å². The molecule has 142 valence electrons. The van der Waals surface area contributed by atoms with Crippen LogP contribution in [0.2, 0.25) is 5.02 Å². The summed E-state index contributed by atoms with van der Waals surface area (Å²) in [5.74, 6) is -0.377. The summed E-state index contributed by atoms with van der Waals surface area (Å²) < 4.78 is 15.0. The van der Waals surface area contributed by atoms with Crippen molar-refractivity contribution in [3.63, 3.8) is 0 Å². The number of aryl methyl sites for hydroxylation is 1. The molecule has 0 radical (unpaired) electrons. The number of nitrogens with zero attached hydrogens (tertiary/aromatic N) is 3. The highest BCUT2D eigenvalue weighted by atomic mass is 35.5. The number of amides is 1. The molecule has 0 unspecified atom stereocenters. The summed E-state index contributed by atoms with van der Waals surface area (Å²) in [7, 11) is 1.76. The zero-order valence-electron chi connectivity index (χ0n) is 15.3. The molecule has 4 nitrogen and oxygen atoms in total. The number of hydrogen-bond donors (Lipinski definition) is 0. The molecule has 28 heavy (non-hydrogen) atoms. The second kappa shape index (κ2) is 7.37. The summed E-state index contributed by atoms with van der Waals surface area (Å²) in [4.78, 5) is 16.1. The lowest BCUT2D eigenvalue weighted by molar-refractivity contribution is 0.0790. The van der Waals surface area contributed by atoms with E-state index in [2.05, 4.69) is 5.10 Å². The van der Waals surface area contributed by atoms with Gasteiger partial charge in [-0.25, -0.2) is 9.07 Å². The monoisotopic (exact) mass is 413 g/mol. The van der Waals surface area contributed by atoms with Crippen molar-refractivity contribution < 1.29 is 9.18 Å². The molecular formula is C21H17ClFN3OS. The van der Waals surface area contributed by atoms with Crippen molar-refractivity contribution in [3.05, 3.63) is 81.6 Å². The van der Waals surface area contributed by atoms with E-state index in [-0.39, 0.29) is 11.7 Å². The molecule has 2 heterocycles. The number of carbonyl (C=O) groups excluding carboxylic acids is 1. The first-order valence-electron chi connectivity index (χ1n) is 8.68. The number of fused-ring (bicyclic) bond motifs is 1. The SMILES string of the molecule is Cc1nn(-c2ccc(F)cc2)c2sc(C(=O)N(C)Cc3ccccc3Cl)cc12. The molecule has 0 aliphatic heterocycles. The molecule has 7 heteroatoms. The first kappa shape index (κ1) is 18.7. The Labute approximate surface area is 170 Å². The molecule has 2 aromatic carbocycles. The summed E-state index contributed by atoms with van der Waals surface area (Å²) in [6.45, 7) is 2.33. The molecule has 0 aliphatic rings. The van der Waals surface area contributed by atoms with Gasteiger partial charge in [-0.3, -0.25) is 4.79 Å². The Kier molecular flexibility index (Phi) is 4.91. The zero-order chi connectivity index (χ0) is 19.8. The molecule has 4 aromatic rings. The van der Waals surface area contributed by atoms with Crippen LogP contribution in [0.4, 0.5) is 4.39 Å². The van der Waals surface area contributed by atoms with E-state index < -0.39 is 0 Å². The Morgan fingerprint density at radius 2 is 1.93 bits per heavy atom. The number of hydrogen-bond acceptors (Lipinski definition) is 3. The van der Waals surface area contributed by atoms with Gasteiger partial charge in [0.25, 0.3) is 5.91 Å². The Morgan fingerprint density at radius 3 is 2.64 bits per heavy atom. The van der Waals surface area contributed by atoms with Crippen molar-refractivity contribution in [1.82, 2.24) is 14.7 Å². The molecule has 4 rings (SSSR count). The van der Waals surface area contributed by atoms with Gasteiger partial charge in [-0.15, -0.1) is 11.3 Å². The molecule has 0 atom stereocenters. The minimum Gasteiger partial charge on any atom is -0.337 e. The van der Waals surface area contributed by atoms with E-state index in [0.717, 1.165) is 27.2 Å². The molecule has 0 saturated heterocycles. The highest BCUT2D eigenvalue weighted by molar-refractivity contribution is 7.20. The van der Waals surface area contributed by atoms with Gasteiger partial charge in [0.05, 0.1) is 16.3 Å². The largest absolute Gasteiger partial charge is 0.337 e. The molecule has 0 fully saturated rings. The van der Waals surface area contributed by atoms with Crippen molar-refractivity contribution >= 4 is 39.1 Å². The van der Waals surface area contributed by atoms with Gasteiger partial charge in [-0.05, 0) is 48.9 Å². The van der Waals surface area contributed by atoms with Crippen molar-refractivity contribution in [2.45, 2.75) is 13.5 Å². The highest BCUT2D eigenvalue weighted by Gasteiger charge is 2.20. The van der Waals surface area contributed by atoms with Crippen LogP contribution in [0.3, 0.4) is 0 Å². The maximum Gasteiger partial charge on any atom is 0.264 e. The number of rotatable bonds is 4. The van der Waals surface area contributed by atoms with Gasteiger partial charge in [0.2, 0.25) is 0 Å². The highest BCUT2D eigenvalue weighted by Crippen LogP contribution is 2.31. The fourth-order valence-electron chi connectivity index (χ4n) is 3.05. The third-order valence-corrected chi connectivity index (χ3v) is 6.01. The maximum absolute atomic E-state index is 13.2.